The first kappa shape index (κ1) is 12.0. The summed E-state index contributed by atoms with van der Waals surface area (Å²) in [6, 6.07) is 5.50. The second kappa shape index (κ2) is 5.26. The van der Waals surface area contributed by atoms with E-state index >= 15 is 0 Å². The zero-order chi connectivity index (χ0) is 11.5. The van der Waals surface area contributed by atoms with Crippen LogP contribution in [-0.4, -0.2) is 31.1 Å². The number of ether oxygens (including phenoxy) is 1. The maximum absolute atomic E-state index is 6.07. The van der Waals surface area contributed by atoms with Crippen molar-refractivity contribution in [3.63, 3.8) is 0 Å². The Morgan fingerprint density at radius 3 is 2.62 bits per heavy atom. The Bertz CT molecular complexity index is 362. The van der Waals surface area contributed by atoms with Crippen molar-refractivity contribution < 1.29 is 4.74 Å². The zero-order valence-corrected chi connectivity index (χ0v) is 10.8. The Morgan fingerprint density at radius 2 is 1.94 bits per heavy atom. The van der Waals surface area contributed by atoms with Gasteiger partial charge in [-0.3, -0.25) is 0 Å². The molecule has 0 radical (unpaired) electrons. The molecule has 0 amide bonds. The summed E-state index contributed by atoms with van der Waals surface area (Å²) in [6.45, 7) is 2.14. The molecular formula is C12H15Cl2NO. The summed E-state index contributed by atoms with van der Waals surface area (Å²) < 4.78 is 5.87. The van der Waals surface area contributed by atoms with Crippen molar-refractivity contribution in [2.24, 2.45) is 0 Å². The second-order valence-electron chi connectivity index (χ2n) is 4.17. The van der Waals surface area contributed by atoms with Crippen LogP contribution in [0.15, 0.2) is 18.2 Å². The molecule has 0 saturated carbocycles. The van der Waals surface area contributed by atoms with Crippen molar-refractivity contribution in [2.75, 3.05) is 20.1 Å². The van der Waals surface area contributed by atoms with Crippen molar-refractivity contribution in [1.29, 1.82) is 0 Å². The van der Waals surface area contributed by atoms with Gasteiger partial charge in [0, 0.05) is 13.1 Å². The normalized spacial score (nSPS) is 18.7. The summed E-state index contributed by atoms with van der Waals surface area (Å²) in [5.74, 6) is 0.698. The average Bonchev–Trinajstić information content (AvgIpc) is 2.28. The molecule has 1 aromatic rings. The van der Waals surface area contributed by atoms with Gasteiger partial charge in [-0.2, -0.15) is 0 Å². The van der Waals surface area contributed by atoms with Gasteiger partial charge in [0.1, 0.15) is 16.9 Å². The summed E-state index contributed by atoms with van der Waals surface area (Å²) in [5.41, 5.74) is 0. The molecule has 0 spiro atoms. The van der Waals surface area contributed by atoms with Crippen LogP contribution in [0.3, 0.4) is 0 Å². The fraction of sp³-hybridized carbons (Fsp3) is 0.500. The van der Waals surface area contributed by atoms with Crippen molar-refractivity contribution in [1.82, 2.24) is 4.90 Å². The van der Waals surface area contributed by atoms with Crippen LogP contribution in [0, 0.1) is 0 Å². The molecular weight excluding hydrogens is 245 g/mol. The highest BCUT2D eigenvalue weighted by molar-refractivity contribution is 6.42. The lowest BCUT2D eigenvalue weighted by Crippen LogP contribution is -2.35. The SMILES string of the molecule is CN1CCC(Oc2cccc(Cl)c2Cl)CC1. The van der Waals surface area contributed by atoms with E-state index in [1.165, 1.54) is 0 Å². The van der Waals surface area contributed by atoms with Crippen molar-refractivity contribution in [3.8, 4) is 5.75 Å². The summed E-state index contributed by atoms with van der Waals surface area (Å²) >= 11 is 12.0. The molecule has 0 bridgehead atoms. The predicted molar refractivity (Wildman–Crippen MR) is 67.6 cm³/mol. The van der Waals surface area contributed by atoms with Gasteiger partial charge in [0.2, 0.25) is 0 Å². The quantitative estimate of drug-likeness (QED) is 0.807. The van der Waals surface area contributed by atoms with E-state index in [0.717, 1.165) is 25.9 Å². The fourth-order valence-electron chi connectivity index (χ4n) is 1.86. The van der Waals surface area contributed by atoms with Gasteiger partial charge in [-0.1, -0.05) is 29.3 Å². The molecule has 0 aromatic heterocycles. The smallest absolute Gasteiger partial charge is 0.139 e. The minimum absolute atomic E-state index is 0.257. The predicted octanol–water partition coefficient (Wildman–Crippen LogP) is 3.47. The van der Waals surface area contributed by atoms with Gasteiger partial charge in [0.15, 0.2) is 0 Å². The molecule has 1 aliphatic heterocycles. The van der Waals surface area contributed by atoms with Gasteiger partial charge in [-0.05, 0) is 32.0 Å². The summed E-state index contributed by atoms with van der Waals surface area (Å²) in [7, 11) is 2.13. The van der Waals surface area contributed by atoms with Crippen LogP contribution in [-0.2, 0) is 0 Å². The Morgan fingerprint density at radius 1 is 1.25 bits per heavy atom. The van der Waals surface area contributed by atoms with Gasteiger partial charge < -0.3 is 9.64 Å². The highest BCUT2D eigenvalue weighted by atomic mass is 35.5. The maximum Gasteiger partial charge on any atom is 0.139 e. The average molecular weight is 260 g/mol. The van der Waals surface area contributed by atoms with Crippen LogP contribution in [0.1, 0.15) is 12.8 Å². The topological polar surface area (TPSA) is 12.5 Å². The number of benzene rings is 1. The lowest BCUT2D eigenvalue weighted by atomic mass is 10.1. The van der Waals surface area contributed by atoms with Gasteiger partial charge in [-0.15, -0.1) is 0 Å². The molecule has 16 heavy (non-hydrogen) atoms. The van der Waals surface area contributed by atoms with E-state index in [-0.39, 0.29) is 6.10 Å². The zero-order valence-electron chi connectivity index (χ0n) is 9.25. The minimum atomic E-state index is 0.257. The van der Waals surface area contributed by atoms with Crippen molar-refractivity contribution in [2.45, 2.75) is 18.9 Å². The number of halogens is 2. The van der Waals surface area contributed by atoms with Crippen LogP contribution in [0.5, 0.6) is 5.75 Å². The summed E-state index contributed by atoms with van der Waals surface area (Å²) in [5, 5.41) is 1.06. The standard InChI is InChI=1S/C12H15Cl2NO/c1-15-7-5-9(6-8-15)16-11-4-2-3-10(13)12(11)14/h2-4,9H,5-8H2,1H3. The third kappa shape index (κ3) is 2.82. The van der Waals surface area contributed by atoms with Crippen molar-refractivity contribution >= 4 is 23.2 Å². The van der Waals surface area contributed by atoms with Crippen LogP contribution in [0.2, 0.25) is 10.0 Å². The molecule has 0 N–H and O–H groups in total. The molecule has 88 valence electrons. The molecule has 0 aliphatic carbocycles. The second-order valence-corrected chi connectivity index (χ2v) is 4.96. The fourth-order valence-corrected chi connectivity index (χ4v) is 2.19. The van der Waals surface area contributed by atoms with E-state index in [9.17, 15) is 0 Å². The van der Waals surface area contributed by atoms with E-state index in [1.54, 1.807) is 6.07 Å². The Kier molecular flexibility index (Phi) is 3.95. The first-order valence-corrected chi connectivity index (χ1v) is 6.21. The van der Waals surface area contributed by atoms with Gasteiger partial charge in [-0.25, -0.2) is 0 Å². The monoisotopic (exact) mass is 259 g/mol. The van der Waals surface area contributed by atoms with Crippen LogP contribution < -0.4 is 4.74 Å². The van der Waals surface area contributed by atoms with Crippen LogP contribution >= 0.6 is 23.2 Å². The van der Waals surface area contributed by atoms with Crippen molar-refractivity contribution in [3.05, 3.63) is 28.2 Å². The third-order valence-electron chi connectivity index (χ3n) is 2.88. The molecule has 0 atom stereocenters. The van der Waals surface area contributed by atoms with E-state index in [4.69, 9.17) is 27.9 Å². The number of piperidine rings is 1. The molecule has 1 saturated heterocycles. The third-order valence-corrected chi connectivity index (χ3v) is 3.68. The Hall–Kier alpha value is -0.440. The van der Waals surface area contributed by atoms with Gasteiger partial charge >= 0.3 is 0 Å². The molecule has 1 fully saturated rings. The highest BCUT2D eigenvalue weighted by Crippen LogP contribution is 2.33. The number of nitrogens with zero attached hydrogens (tertiary/aromatic N) is 1. The van der Waals surface area contributed by atoms with E-state index < -0.39 is 0 Å². The molecule has 1 aliphatic rings. The molecule has 4 heteroatoms. The first-order valence-electron chi connectivity index (χ1n) is 5.46. The van der Waals surface area contributed by atoms with Crippen LogP contribution in [0.25, 0.3) is 0 Å². The molecule has 2 nitrogen and oxygen atoms in total. The Balaban J connectivity index is 2.01. The van der Waals surface area contributed by atoms with Gasteiger partial charge in [0.05, 0.1) is 5.02 Å². The maximum atomic E-state index is 6.07. The molecule has 1 heterocycles. The van der Waals surface area contributed by atoms with E-state index in [0.29, 0.717) is 15.8 Å². The van der Waals surface area contributed by atoms with Gasteiger partial charge in [0.25, 0.3) is 0 Å². The number of rotatable bonds is 2. The lowest BCUT2D eigenvalue weighted by Gasteiger charge is -2.29. The summed E-state index contributed by atoms with van der Waals surface area (Å²) in [6.07, 6.45) is 2.34. The largest absolute Gasteiger partial charge is 0.489 e. The summed E-state index contributed by atoms with van der Waals surface area (Å²) in [4.78, 5) is 2.30. The minimum Gasteiger partial charge on any atom is -0.489 e. The van der Waals surface area contributed by atoms with E-state index in [1.807, 2.05) is 12.1 Å². The number of likely N-dealkylation sites (tertiary alicyclic amines) is 1. The lowest BCUT2D eigenvalue weighted by molar-refractivity contribution is 0.114. The number of hydrogen-bond donors (Lipinski definition) is 0. The molecule has 1 aromatic carbocycles. The number of hydrogen-bond acceptors (Lipinski definition) is 2. The van der Waals surface area contributed by atoms with Crippen LogP contribution in [0.4, 0.5) is 0 Å². The van der Waals surface area contributed by atoms with E-state index in [2.05, 4.69) is 11.9 Å². The molecule has 0 unspecified atom stereocenters. The first-order chi connectivity index (χ1) is 7.66. The molecule has 2 rings (SSSR count). The highest BCUT2D eigenvalue weighted by Gasteiger charge is 2.19. The Labute approximate surface area is 106 Å².